The molecule has 10 heteroatoms. The van der Waals surface area contributed by atoms with Crippen LogP contribution >= 0.6 is 0 Å². The van der Waals surface area contributed by atoms with Crippen LogP contribution in [0.5, 0.6) is 0 Å². The van der Waals surface area contributed by atoms with Gasteiger partial charge >= 0.3 is 0 Å². The number of hydrogen-bond donors (Lipinski definition) is 3. The third-order valence-electron chi connectivity index (χ3n) is 2.63. The van der Waals surface area contributed by atoms with Gasteiger partial charge in [-0.05, 0) is 13.0 Å². The van der Waals surface area contributed by atoms with E-state index in [1.165, 1.54) is 18.7 Å². The Morgan fingerprint density at radius 3 is 3.00 bits per heavy atom. The fourth-order valence-electron chi connectivity index (χ4n) is 1.60. The van der Waals surface area contributed by atoms with Crippen LogP contribution in [0.15, 0.2) is 23.6 Å². The molecule has 0 aliphatic heterocycles. The number of aromatic amines is 1. The third kappa shape index (κ3) is 3.85. The predicted octanol–water partition coefficient (Wildman–Crippen LogP) is -1.13. The standard InChI is InChI=1S/C10H17N7O2S/c11-3-1-5-17-7-9(6-14-17)20(18,19)15-4-2-10-12-8-13-16-10/h6-8,15H,1-5,11H2,(H,12,13,16). The molecule has 9 nitrogen and oxygen atoms in total. The van der Waals surface area contributed by atoms with Crippen molar-refractivity contribution in [1.29, 1.82) is 0 Å². The number of aromatic nitrogens is 5. The number of rotatable bonds is 8. The quantitative estimate of drug-likeness (QED) is 0.565. The monoisotopic (exact) mass is 299 g/mol. The summed E-state index contributed by atoms with van der Waals surface area (Å²) in [7, 11) is -3.54. The van der Waals surface area contributed by atoms with Gasteiger partial charge in [0, 0.05) is 25.7 Å². The molecule has 0 fully saturated rings. The summed E-state index contributed by atoms with van der Waals surface area (Å²) in [4.78, 5) is 4.06. The Labute approximate surface area is 116 Å². The van der Waals surface area contributed by atoms with E-state index >= 15 is 0 Å². The smallest absolute Gasteiger partial charge is 0.243 e. The second kappa shape index (κ2) is 6.59. The fourth-order valence-corrected chi connectivity index (χ4v) is 2.58. The predicted molar refractivity (Wildman–Crippen MR) is 71.2 cm³/mol. The summed E-state index contributed by atoms with van der Waals surface area (Å²) in [5.74, 6) is 0.631. The summed E-state index contributed by atoms with van der Waals surface area (Å²) in [6, 6.07) is 0. The molecule has 2 rings (SSSR count). The summed E-state index contributed by atoms with van der Waals surface area (Å²) >= 11 is 0. The Balaban J connectivity index is 1.90. The van der Waals surface area contributed by atoms with Gasteiger partial charge in [0.05, 0.1) is 6.20 Å². The van der Waals surface area contributed by atoms with E-state index in [0.717, 1.165) is 6.42 Å². The van der Waals surface area contributed by atoms with E-state index in [4.69, 9.17) is 5.73 Å². The first-order valence-electron chi connectivity index (χ1n) is 6.18. The minimum Gasteiger partial charge on any atom is -0.330 e. The van der Waals surface area contributed by atoms with Gasteiger partial charge in [0.1, 0.15) is 17.0 Å². The van der Waals surface area contributed by atoms with Crippen LogP contribution in [0.25, 0.3) is 0 Å². The highest BCUT2D eigenvalue weighted by Crippen LogP contribution is 2.07. The molecule has 2 heterocycles. The van der Waals surface area contributed by atoms with Crippen molar-refractivity contribution in [3.8, 4) is 0 Å². The molecule has 0 radical (unpaired) electrons. The lowest BCUT2D eigenvalue weighted by molar-refractivity contribution is 0.575. The van der Waals surface area contributed by atoms with Gasteiger partial charge in [-0.1, -0.05) is 0 Å². The molecule has 110 valence electrons. The number of aryl methyl sites for hydroxylation is 1. The Morgan fingerprint density at radius 2 is 2.30 bits per heavy atom. The molecular weight excluding hydrogens is 282 g/mol. The third-order valence-corrected chi connectivity index (χ3v) is 4.05. The van der Waals surface area contributed by atoms with Crippen molar-refractivity contribution >= 4 is 10.0 Å². The molecule has 0 aliphatic rings. The van der Waals surface area contributed by atoms with Crippen LogP contribution in [0, 0.1) is 0 Å². The van der Waals surface area contributed by atoms with E-state index in [9.17, 15) is 8.42 Å². The van der Waals surface area contributed by atoms with Crippen LogP contribution in [0.3, 0.4) is 0 Å². The minimum absolute atomic E-state index is 0.145. The lowest BCUT2D eigenvalue weighted by Gasteiger charge is -2.03. The van der Waals surface area contributed by atoms with E-state index in [1.54, 1.807) is 4.68 Å². The number of nitrogens with one attached hydrogen (secondary N) is 2. The van der Waals surface area contributed by atoms with Crippen molar-refractivity contribution in [2.24, 2.45) is 5.73 Å². The highest BCUT2D eigenvalue weighted by molar-refractivity contribution is 7.89. The summed E-state index contributed by atoms with van der Waals surface area (Å²) in [6.45, 7) is 1.38. The van der Waals surface area contributed by atoms with Crippen molar-refractivity contribution in [2.75, 3.05) is 13.1 Å². The molecule has 0 amide bonds. The molecule has 0 unspecified atom stereocenters. The topological polar surface area (TPSA) is 132 Å². The molecule has 0 saturated heterocycles. The van der Waals surface area contributed by atoms with E-state index in [1.807, 2.05) is 0 Å². The molecule has 2 aromatic heterocycles. The van der Waals surface area contributed by atoms with Crippen LogP contribution in [0.1, 0.15) is 12.2 Å². The lowest BCUT2D eigenvalue weighted by Crippen LogP contribution is -2.26. The Bertz CT molecular complexity index is 620. The van der Waals surface area contributed by atoms with Gasteiger partial charge in [-0.25, -0.2) is 18.1 Å². The summed E-state index contributed by atoms with van der Waals surface area (Å²) < 4.78 is 28.1. The first-order valence-corrected chi connectivity index (χ1v) is 7.66. The van der Waals surface area contributed by atoms with Gasteiger partial charge in [-0.3, -0.25) is 9.78 Å². The number of nitrogens with zero attached hydrogens (tertiary/aromatic N) is 4. The average Bonchev–Trinajstić information content (AvgIpc) is 3.07. The molecule has 2 aromatic rings. The maximum absolute atomic E-state index is 12.0. The maximum atomic E-state index is 12.0. The highest BCUT2D eigenvalue weighted by atomic mass is 32.2. The zero-order valence-electron chi connectivity index (χ0n) is 10.9. The second-order valence-corrected chi connectivity index (χ2v) is 5.93. The van der Waals surface area contributed by atoms with Gasteiger partial charge in [0.15, 0.2) is 0 Å². The summed E-state index contributed by atoms with van der Waals surface area (Å²) in [5, 5.41) is 10.3. The van der Waals surface area contributed by atoms with Gasteiger partial charge < -0.3 is 5.73 Å². The van der Waals surface area contributed by atoms with E-state index in [-0.39, 0.29) is 11.4 Å². The first-order chi connectivity index (χ1) is 9.62. The highest BCUT2D eigenvalue weighted by Gasteiger charge is 2.16. The largest absolute Gasteiger partial charge is 0.330 e. The molecule has 0 bridgehead atoms. The van der Waals surface area contributed by atoms with Gasteiger partial charge in [0.2, 0.25) is 10.0 Å². The number of hydrogen-bond acceptors (Lipinski definition) is 6. The Morgan fingerprint density at radius 1 is 1.45 bits per heavy atom. The van der Waals surface area contributed by atoms with Crippen molar-refractivity contribution in [1.82, 2.24) is 29.7 Å². The van der Waals surface area contributed by atoms with E-state index in [2.05, 4.69) is 25.0 Å². The zero-order chi connectivity index (χ0) is 14.4. The molecule has 4 N–H and O–H groups in total. The molecule has 0 atom stereocenters. The van der Waals surface area contributed by atoms with Gasteiger partial charge in [-0.2, -0.15) is 10.2 Å². The van der Waals surface area contributed by atoms with Gasteiger partial charge in [0.25, 0.3) is 0 Å². The Kier molecular flexibility index (Phi) is 4.82. The molecule has 0 saturated carbocycles. The zero-order valence-corrected chi connectivity index (χ0v) is 11.7. The summed E-state index contributed by atoms with van der Waals surface area (Å²) in [6.07, 6.45) is 5.39. The van der Waals surface area contributed by atoms with Crippen molar-refractivity contribution in [3.05, 3.63) is 24.5 Å². The van der Waals surface area contributed by atoms with E-state index < -0.39 is 10.0 Å². The molecule has 0 aliphatic carbocycles. The summed E-state index contributed by atoms with van der Waals surface area (Å²) in [5.41, 5.74) is 5.40. The number of H-pyrrole nitrogens is 1. The van der Waals surface area contributed by atoms with Crippen LogP contribution in [0.4, 0.5) is 0 Å². The normalized spacial score (nSPS) is 11.8. The van der Waals surface area contributed by atoms with Crippen LogP contribution in [-0.2, 0) is 23.0 Å². The first kappa shape index (κ1) is 14.6. The minimum atomic E-state index is -3.54. The van der Waals surface area contributed by atoms with Crippen molar-refractivity contribution in [3.63, 3.8) is 0 Å². The second-order valence-electron chi connectivity index (χ2n) is 4.16. The maximum Gasteiger partial charge on any atom is 0.243 e. The molecule has 0 aromatic carbocycles. The molecule has 0 spiro atoms. The SMILES string of the molecule is NCCCn1cc(S(=O)(=O)NCCc2ncn[nH]2)cn1. The average molecular weight is 299 g/mol. The van der Waals surface area contributed by atoms with Crippen LogP contribution in [0.2, 0.25) is 0 Å². The van der Waals surface area contributed by atoms with Crippen LogP contribution in [-0.4, -0.2) is 46.5 Å². The lowest BCUT2D eigenvalue weighted by atomic mass is 10.4. The molecule has 20 heavy (non-hydrogen) atoms. The van der Waals surface area contributed by atoms with E-state index in [0.29, 0.717) is 25.3 Å². The Hall–Kier alpha value is -1.78. The van der Waals surface area contributed by atoms with Crippen molar-refractivity contribution < 1.29 is 8.42 Å². The molecular formula is C10H17N7O2S. The van der Waals surface area contributed by atoms with Gasteiger partial charge in [-0.15, -0.1) is 0 Å². The fraction of sp³-hybridized carbons (Fsp3) is 0.500. The van der Waals surface area contributed by atoms with Crippen molar-refractivity contribution in [2.45, 2.75) is 24.3 Å². The van der Waals surface area contributed by atoms with Crippen LogP contribution < -0.4 is 10.5 Å². The number of sulfonamides is 1. The number of nitrogens with two attached hydrogens (primary N) is 1.